The summed E-state index contributed by atoms with van der Waals surface area (Å²) in [7, 11) is 0. The van der Waals surface area contributed by atoms with E-state index in [1.165, 1.54) is 18.3 Å². The Kier molecular flexibility index (Phi) is 2.95. The van der Waals surface area contributed by atoms with Crippen molar-refractivity contribution in [2.45, 2.75) is 25.3 Å². The zero-order valence-electron chi connectivity index (χ0n) is 8.91. The summed E-state index contributed by atoms with van der Waals surface area (Å²) in [5.41, 5.74) is 4.13. The lowest BCUT2D eigenvalue weighted by Crippen LogP contribution is -2.45. The molecule has 0 saturated carbocycles. The van der Waals surface area contributed by atoms with Crippen LogP contribution in [0.1, 0.15) is 11.8 Å². The highest BCUT2D eigenvalue weighted by Crippen LogP contribution is 2.29. The van der Waals surface area contributed by atoms with E-state index in [4.69, 9.17) is 5.73 Å². The van der Waals surface area contributed by atoms with E-state index in [0.29, 0.717) is 0 Å². The van der Waals surface area contributed by atoms with Crippen molar-refractivity contribution in [2.24, 2.45) is 5.73 Å². The fourth-order valence-corrected chi connectivity index (χ4v) is 2.82. The maximum absolute atomic E-state index is 12.6. The van der Waals surface area contributed by atoms with Crippen molar-refractivity contribution in [2.75, 3.05) is 0 Å². The molecule has 4 heteroatoms. The smallest absolute Gasteiger partial charge is 0.256 e. The summed E-state index contributed by atoms with van der Waals surface area (Å²) < 4.78 is 26.4. The largest absolute Gasteiger partial charge is 0.320 e. The summed E-state index contributed by atoms with van der Waals surface area (Å²) in [6.45, 7) is 1.39. The molecule has 0 fully saturated rings. The normalized spacial score (nSPS) is 15.6. The molecule has 1 unspecified atom stereocenters. The Morgan fingerprint density at radius 3 is 2.69 bits per heavy atom. The Labute approximate surface area is 96.9 Å². The van der Waals surface area contributed by atoms with Crippen LogP contribution in [0.3, 0.4) is 0 Å². The SMILES string of the molecule is CC(N)(Cc1cc2ccccc2s1)C(F)F. The first kappa shape index (κ1) is 11.5. The molecule has 0 spiro atoms. The molecule has 86 valence electrons. The number of fused-ring (bicyclic) bond motifs is 1. The van der Waals surface area contributed by atoms with Gasteiger partial charge in [0.1, 0.15) is 0 Å². The van der Waals surface area contributed by atoms with Gasteiger partial charge in [0, 0.05) is 16.0 Å². The number of hydrogen-bond acceptors (Lipinski definition) is 2. The van der Waals surface area contributed by atoms with Crippen LogP contribution in [-0.4, -0.2) is 12.0 Å². The molecule has 1 aromatic carbocycles. The molecule has 0 aliphatic heterocycles. The maximum atomic E-state index is 12.6. The summed E-state index contributed by atoms with van der Waals surface area (Å²) in [4.78, 5) is 0.909. The second kappa shape index (κ2) is 4.11. The first-order valence-electron chi connectivity index (χ1n) is 5.03. The van der Waals surface area contributed by atoms with Gasteiger partial charge >= 0.3 is 0 Å². The van der Waals surface area contributed by atoms with Crippen LogP contribution in [-0.2, 0) is 6.42 Å². The third-order valence-corrected chi connectivity index (χ3v) is 3.65. The van der Waals surface area contributed by atoms with Crippen LogP contribution in [0.5, 0.6) is 0 Å². The van der Waals surface area contributed by atoms with Gasteiger partial charge in [-0.1, -0.05) is 18.2 Å². The van der Waals surface area contributed by atoms with Gasteiger partial charge < -0.3 is 5.73 Å². The van der Waals surface area contributed by atoms with E-state index in [1.807, 2.05) is 30.3 Å². The molecular weight excluding hydrogens is 228 g/mol. The standard InChI is InChI=1S/C12H13F2NS/c1-12(15,11(13)14)7-9-6-8-4-2-3-5-10(8)16-9/h2-6,11H,7,15H2,1H3. The van der Waals surface area contributed by atoms with Gasteiger partial charge in [0.2, 0.25) is 0 Å². The lowest BCUT2D eigenvalue weighted by atomic mass is 9.99. The molecule has 0 amide bonds. The molecule has 0 radical (unpaired) electrons. The van der Waals surface area contributed by atoms with Gasteiger partial charge in [-0.05, 0) is 24.4 Å². The highest BCUT2D eigenvalue weighted by Gasteiger charge is 2.30. The molecule has 2 rings (SSSR count). The third-order valence-electron chi connectivity index (χ3n) is 2.53. The van der Waals surface area contributed by atoms with E-state index in [-0.39, 0.29) is 6.42 Å². The summed E-state index contributed by atoms with van der Waals surface area (Å²) in [6, 6.07) is 9.78. The van der Waals surface area contributed by atoms with Crippen molar-refractivity contribution in [3.63, 3.8) is 0 Å². The first-order valence-corrected chi connectivity index (χ1v) is 5.85. The van der Waals surface area contributed by atoms with Gasteiger partial charge in [-0.2, -0.15) is 0 Å². The summed E-state index contributed by atoms with van der Waals surface area (Å²) in [5, 5.41) is 1.09. The van der Waals surface area contributed by atoms with Crippen LogP contribution >= 0.6 is 11.3 Å². The molecule has 1 heterocycles. The number of nitrogens with two attached hydrogens (primary N) is 1. The Morgan fingerprint density at radius 1 is 1.38 bits per heavy atom. The molecule has 1 atom stereocenters. The van der Waals surface area contributed by atoms with E-state index >= 15 is 0 Å². The van der Waals surface area contributed by atoms with Crippen molar-refractivity contribution < 1.29 is 8.78 Å². The number of hydrogen-bond donors (Lipinski definition) is 1. The number of rotatable bonds is 3. The zero-order chi connectivity index (χ0) is 11.8. The average Bonchev–Trinajstić information content (AvgIpc) is 2.58. The molecule has 0 bridgehead atoms. The van der Waals surface area contributed by atoms with Gasteiger partial charge in [-0.3, -0.25) is 0 Å². The monoisotopic (exact) mass is 241 g/mol. The molecule has 2 N–H and O–H groups in total. The summed E-state index contributed by atoms with van der Waals surface area (Å²) in [6.07, 6.45) is -2.29. The summed E-state index contributed by atoms with van der Waals surface area (Å²) in [5.74, 6) is 0. The minimum Gasteiger partial charge on any atom is -0.320 e. The molecule has 1 aromatic heterocycles. The molecule has 0 aliphatic carbocycles. The van der Waals surface area contributed by atoms with Gasteiger partial charge in [0.15, 0.2) is 0 Å². The van der Waals surface area contributed by atoms with Crippen LogP contribution in [0.15, 0.2) is 30.3 Å². The molecule has 0 aliphatic rings. The second-order valence-corrected chi connectivity index (χ2v) is 5.40. The van der Waals surface area contributed by atoms with E-state index in [2.05, 4.69) is 0 Å². The van der Waals surface area contributed by atoms with Crippen LogP contribution < -0.4 is 5.73 Å². The Bertz CT molecular complexity index is 457. The predicted octanol–water partition coefficient (Wildman–Crippen LogP) is 3.43. The molecular formula is C12H13F2NS. The Hall–Kier alpha value is -1.00. The van der Waals surface area contributed by atoms with E-state index < -0.39 is 12.0 Å². The van der Waals surface area contributed by atoms with E-state index in [1.54, 1.807) is 0 Å². The highest BCUT2D eigenvalue weighted by molar-refractivity contribution is 7.19. The average molecular weight is 241 g/mol. The topological polar surface area (TPSA) is 26.0 Å². The second-order valence-electron chi connectivity index (χ2n) is 4.23. The minimum absolute atomic E-state index is 0.212. The molecule has 16 heavy (non-hydrogen) atoms. The maximum Gasteiger partial charge on any atom is 0.256 e. The van der Waals surface area contributed by atoms with Crippen LogP contribution in [0.25, 0.3) is 10.1 Å². The van der Waals surface area contributed by atoms with Crippen molar-refractivity contribution in [3.05, 3.63) is 35.2 Å². The molecule has 2 aromatic rings. The van der Waals surface area contributed by atoms with Gasteiger partial charge in [0.25, 0.3) is 6.43 Å². The van der Waals surface area contributed by atoms with Crippen molar-refractivity contribution in [3.8, 4) is 0 Å². The Balaban J connectivity index is 2.28. The molecule has 0 saturated heterocycles. The lowest BCUT2D eigenvalue weighted by Gasteiger charge is -2.22. The highest BCUT2D eigenvalue weighted by atomic mass is 32.1. The van der Waals surface area contributed by atoms with Gasteiger partial charge in [-0.15, -0.1) is 11.3 Å². The van der Waals surface area contributed by atoms with Crippen molar-refractivity contribution >= 4 is 21.4 Å². The van der Waals surface area contributed by atoms with Gasteiger partial charge in [0.05, 0.1) is 5.54 Å². The number of alkyl halides is 2. The number of thiophene rings is 1. The summed E-state index contributed by atoms with van der Waals surface area (Å²) >= 11 is 1.53. The number of benzene rings is 1. The van der Waals surface area contributed by atoms with Crippen molar-refractivity contribution in [1.29, 1.82) is 0 Å². The zero-order valence-corrected chi connectivity index (χ0v) is 9.73. The van der Waals surface area contributed by atoms with Crippen LogP contribution in [0.4, 0.5) is 8.78 Å². The van der Waals surface area contributed by atoms with Crippen LogP contribution in [0, 0.1) is 0 Å². The predicted molar refractivity (Wildman–Crippen MR) is 64.1 cm³/mol. The van der Waals surface area contributed by atoms with Crippen LogP contribution in [0.2, 0.25) is 0 Å². The number of halogens is 2. The van der Waals surface area contributed by atoms with Crippen molar-refractivity contribution in [1.82, 2.24) is 0 Å². The fourth-order valence-electron chi connectivity index (χ4n) is 1.58. The third kappa shape index (κ3) is 2.23. The Morgan fingerprint density at radius 2 is 2.06 bits per heavy atom. The first-order chi connectivity index (χ1) is 7.49. The lowest BCUT2D eigenvalue weighted by molar-refractivity contribution is 0.0644. The van der Waals surface area contributed by atoms with Gasteiger partial charge in [-0.25, -0.2) is 8.78 Å². The van der Waals surface area contributed by atoms with E-state index in [9.17, 15) is 8.78 Å². The fraction of sp³-hybridized carbons (Fsp3) is 0.333. The quantitative estimate of drug-likeness (QED) is 0.875. The molecule has 1 nitrogen and oxygen atoms in total. The minimum atomic E-state index is -2.50. The van der Waals surface area contributed by atoms with E-state index in [0.717, 1.165) is 15.0 Å².